The second-order valence-corrected chi connectivity index (χ2v) is 16.8. The Bertz CT molecular complexity index is 1340. The molecule has 0 saturated heterocycles. The predicted molar refractivity (Wildman–Crippen MR) is 274 cm³/mol. The maximum atomic E-state index is 12.8. The summed E-state index contributed by atoms with van der Waals surface area (Å²) in [5.41, 5.74) is 0. The van der Waals surface area contributed by atoms with E-state index in [2.05, 4.69) is 93.7 Å². The van der Waals surface area contributed by atoms with E-state index < -0.39 is 6.10 Å². The molecule has 64 heavy (non-hydrogen) atoms. The predicted octanol–water partition coefficient (Wildman–Crippen LogP) is 17.1. The first-order valence-corrected chi connectivity index (χ1v) is 26.0. The van der Waals surface area contributed by atoms with Crippen LogP contribution < -0.4 is 0 Å². The topological polar surface area (TPSA) is 78.9 Å². The van der Waals surface area contributed by atoms with Gasteiger partial charge in [-0.2, -0.15) is 0 Å². The number of allylic oxidation sites excluding steroid dienone is 18. The third-order valence-electron chi connectivity index (χ3n) is 10.6. The highest BCUT2D eigenvalue weighted by Gasteiger charge is 2.19. The number of hydrogen-bond acceptors (Lipinski definition) is 6. The van der Waals surface area contributed by atoms with Crippen LogP contribution in [0.2, 0.25) is 0 Å². The first kappa shape index (κ1) is 60.1. The zero-order valence-electron chi connectivity index (χ0n) is 41.3. The molecule has 0 fully saturated rings. The zero-order valence-corrected chi connectivity index (χ0v) is 41.3. The SMILES string of the molecule is CC/C=C\C/C=C\C/C=C\CCCC(=O)OCC(COC(=O)CCCCCCC\C=C/C=C\C=C/C=C\C=C/CCC)OC(=O)CCCCCCCCC/C=C\CCCCCCCC. The van der Waals surface area contributed by atoms with Crippen molar-refractivity contribution >= 4 is 17.9 Å². The van der Waals surface area contributed by atoms with E-state index in [9.17, 15) is 14.4 Å². The molecule has 1 atom stereocenters. The van der Waals surface area contributed by atoms with Gasteiger partial charge in [-0.15, -0.1) is 0 Å². The summed E-state index contributed by atoms with van der Waals surface area (Å²) in [6, 6.07) is 0. The summed E-state index contributed by atoms with van der Waals surface area (Å²) in [4.78, 5) is 37.9. The molecule has 0 aliphatic heterocycles. The van der Waals surface area contributed by atoms with Crippen LogP contribution in [0.25, 0.3) is 0 Å². The molecule has 6 heteroatoms. The van der Waals surface area contributed by atoms with E-state index in [1.807, 2.05) is 36.5 Å². The average Bonchev–Trinajstić information content (AvgIpc) is 3.29. The van der Waals surface area contributed by atoms with E-state index in [0.717, 1.165) is 89.9 Å². The number of unbranched alkanes of at least 4 members (excludes halogenated alkanes) is 20. The molecule has 0 N–H and O–H groups in total. The lowest BCUT2D eigenvalue weighted by Crippen LogP contribution is -2.30. The molecule has 0 spiro atoms. The van der Waals surface area contributed by atoms with Gasteiger partial charge >= 0.3 is 17.9 Å². The molecule has 362 valence electrons. The molecule has 0 aliphatic carbocycles. The second-order valence-electron chi connectivity index (χ2n) is 16.8. The highest BCUT2D eigenvalue weighted by Crippen LogP contribution is 2.13. The van der Waals surface area contributed by atoms with Gasteiger partial charge in [-0.25, -0.2) is 0 Å². The molecule has 6 nitrogen and oxygen atoms in total. The van der Waals surface area contributed by atoms with E-state index in [-0.39, 0.29) is 37.5 Å². The van der Waals surface area contributed by atoms with Crippen LogP contribution in [0, 0.1) is 0 Å². The summed E-state index contributed by atoms with van der Waals surface area (Å²) in [7, 11) is 0. The van der Waals surface area contributed by atoms with Gasteiger partial charge in [0.1, 0.15) is 13.2 Å². The lowest BCUT2D eigenvalue weighted by Gasteiger charge is -2.18. The van der Waals surface area contributed by atoms with Crippen molar-refractivity contribution in [2.75, 3.05) is 13.2 Å². The van der Waals surface area contributed by atoms with Crippen molar-refractivity contribution in [1.82, 2.24) is 0 Å². The fraction of sp³-hybridized carbons (Fsp3) is 0.638. The Morgan fingerprint density at radius 2 is 0.719 bits per heavy atom. The minimum atomic E-state index is -0.812. The summed E-state index contributed by atoms with van der Waals surface area (Å²) >= 11 is 0. The van der Waals surface area contributed by atoms with Crippen LogP contribution in [0.5, 0.6) is 0 Å². The summed E-state index contributed by atoms with van der Waals surface area (Å²) < 4.78 is 16.7. The van der Waals surface area contributed by atoms with Crippen molar-refractivity contribution in [2.24, 2.45) is 0 Å². The molecule has 0 bridgehead atoms. The Kier molecular flexibility index (Phi) is 48.5. The molecule has 0 aromatic heterocycles. The van der Waals surface area contributed by atoms with Crippen LogP contribution >= 0.6 is 0 Å². The van der Waals surface area contributed by atoms with Gasteiger partial charge in [-0.1, -0.05) is 220 Å². The minimum absolute atomic E-state index is 0.111. The molecular weight excluding hydrogens is 793 g/mol. The highest BCUT2D eigenvalue weighted by atomic mass is 16.6. The lowest BCUT2D eigenvalue weighted by atomic mass is 10.1. The molecule has 0 aromatic rings. The number of carbonyl (C=O) groups excluding carboxylic acids is 3. The lowest BCUT2D eigenvalue weighted by molar-refractivity contribution is -0.167. The van der Waals surface area contributed by atoms with E-state index in [4.69, 9.17) is 14.2 Å². The van der Waals surface area contributed by atoms with Gasteiger partial charge in [0.2, 0.25) is 0 Å². The largest absolute Gasteiger partial charge is 0.462 e. The van der Waals surface area contributed by atoms with Gasteiger partial charge in [-0.05, 0) is 89.9 Å². The van der Waals surface area contributed by atoms with Crippen molar-refractivity contribution in [3.8, 4) is 0 Å². The third-order valence-corrected chi connectivity index (χ3v) is 10.6. The van der Waals surface area contributed by atoms with Gasteiger partial charge in [0, 0.05) is 19.3 Å². The fourth-order valence-corrected chi connectivity index (χ4v) is 6.72. The zero-order chi connectivity index (χ0) is 46.5. The Morgan fingerprint density at radius 1 is 0.344 bits per heavy atom. The second kappa shape index (κ2) is 51.7. The first-order chi connectivity index (χ1) is 31.5. The van der Waals surface area contributed by atoms with Gasteiger partial charge < -0.3 is 14.2 Å². The van der Waals surface area contributed by atoms with Gasteiger partial charge in [0.05, 0.1) is 0 Å². The molecule has 0 radical (unpaired) electrons. The first-order valence-electron chi connectivity index (χ1n) is 26.0. The van der Waals surface area contributed by atoms with Gasteiger partial charge in [-0.3, -0.25) is 14.4 Å². The van der Waals surface area contributed by atoms with Crippen LogP contribution in [-0.2, 0) is 28.6 Å². The molecular formula is C58H94O6. The average molecular weight is 887 g/mol. The van der Waals surface area contributed by atoms with Gasteiger partial charge in [0.15, 0.2) is 6.10 Å². The van der Waals surface area contributed by atoms with Crippen LogP contribution in [0.3, 0.4) is 0 Å². The van der Waals surface area contributed by atoms with Crippen molar-refractivity contribution in [3.63, 3.8) is 0 Å². The molecule has 0 heterocycles. The molecule has 0 aliphatic rings. The summed E-state index contributed by atoms with van der Waals surface area (Å²) in [5, 5.41) is 0. The minimum Gasteiger partial charge on any atom is -0.462 e. The Hall–Kier alpha value is -3.93. The number of ether oxygens (including phenoxy) is 3. The number of carbonyl (C=O) groups is 3. The summed E-state index contributed by atoms with van der Waals surface area (Å²) in [5.74, 6) is -0.999. The van der Waals surface area contributed by atoms with E-state index in [1.165, 1.54) is 83.5 Å². The number of esters is 3. The molecule has 0 saturated carbocycles. The Morgan fingerprint density at radius 3 is 1.23 bits per heavy atom. The highest BCUT2D eigenvalue weighted by molar-refractivity contribution is 5.71. The Labute approximate surface area is 393 Å². The smallest absolute Gasteiger partial charge is 0.306 e. The summed E-state index contributed by atoms with van der Waals surface area (Å²) in [6.07, 6.45) is 69.3. The number of hydrogen-bond donors (Lipinski definition) is 0. The van der Waals surface area contributed by atoms with Gasteiger partial charge in [0.25, 0.3) is 0 Å². The number of rotatable bonds is 45. The van der Waals surface area contributed by atoms with Crippen molar-refractivity contribution in [3.05, 3.63) is 109 Å². The third kappa shape index (κ3) is 49.1. The molecule has 0 rings (SSSR count). The van der Waals surface area contributed by atoms with Crippen LogP contribution in [-0.4, -0.2) is 37.2 Å². The van der Waals surface area contributed by atoms with Crippen molar-refractivity contribution < 1.29 is 28.6 Å². The molecule has 0 aromatic carbocycles. The molecule has 0 amide bonds. The normalized spacial score (nSPS) is 13.0. The maximum Gasteiger partial charge on any atom is 0.306 e. The van der Waals surface area contributed by atoms with E-state index in [1.54, 1.807) is 0 Å². The fourth-order valence-electron chi connectivity index (χ4n) is 6.72. The van der Waals surface area contributed by atoms with Crippen molar-refractivity contribution in [2.45, 2.75) is 226 Å². The molecule has 1 unspecified atom stereocenters. The summed E-state index contributed by atoms with van der Waals surface area (Å²) in [6.45, 7) is 6.34. The van der Waals surface area contributed by atoms with E-state index in [0.29, 0.717) is 19.3 Å². The van der Waals surface area contributed by atoms with Crippen LogP contribution in [0.1, 0.15) is 220 Å². The quantitative estimate of drug-likeness (QED) is 0.0199. The van der Waals surface area contributed by atoms with Crippen LogP contribution in [0.15, 0.2) is 109 Å². The van der Waals surface area contributed by atoms with E-state index >= 15 is 0 Å². The monoisotopic (exact) mass is 887 g/mol. The maximum absolute atomic E-state index is 12.8. The standard InChI is InChI=1S/C58H94O6/c1-4-7-10-13-16-19-22-24-26-28-30-31-33-36-39-42-45-48-51-57(60)63-54-55(53-62-56(59)50-47-44-41-38-35-21-18-15-12-9-6-3)64-58(61)52-49-46-43-40-37-34-32-29-27-25-23-20-17-14-11-8-5-2/h9-10,12-13,16,18-19,21-22,24-28,30-31,38,41,55H,4-8,11,14-15,17,20,23,29,32-37,39-40,42-54H2,1-3H3/b12-9-,13-10-,19-16-,21-18-,24-22-,27-25-,28-26-,31-30-,41-38-. The Balaban J connectivity index is 4.48. The van der Waals surface area contributed by atoms with Crippen molar-refractivity contribution in [1.29, 1.82) is 0 Å². The van der Waals surface area contributed by atoms with Crippen LogP contribution in [0.4, 0.5) is 0 Å².